The maximum absolute atomic E-state index is 12.8. The Morgan fingerprint density at radius 1 is 0.326 bits per heavy atom. The molecule has 0 aromatic rings. The molecule has 0 radical (unpaired) electrons. The van der Waals surface area contributed by atoms with Crippen molar-refractivity contribution < 1.29 is 37.6 Å². The largest absolute Gasteiger partial charge is 0.472 e. The number of hydrogen-bond acceptors (Lipinski definition) is 8. The number of nitrogens with two attached hydrogens (primary N) is 1. The molecule has 528 valence electrons. The smallest absolute Gasteiger partial charge is 0.462 e. The van der Waals surface area contributed by atoms with Crippen LogP contribution in [0, 0.1) is 0 Å². The predicted octanol–water partition coefficient (Wildman–Crippen LogP) is 26.4. The van der Waals surface area contributed by atoms with Gasteiger partial charge in [0.15, 0.2) is 6.10 Å². The van der Waals surface area contributed by atoms with Crippen molar-refractivity contribution in [3.63, 3.8) is 0 Å². The Morgan fingerprint density at radius 3 is 0.798 bits per heavy atom. The van der Waals surface area contributed by atoms with Crippen LogP contribution in [0.15, 0.2) is 24.3 Å². The second kappa shape index (κ2) is 75.5. The fraction of sp³-hybridized carbons (Fsp3) is 0.924. The van der Waals surface area contributed by atoms with Crippen LogP contribution in [0.2, 0.25) is 0 Å². The summed E-state index contributed by atoms with van der Waals surface area (Å²) < 4.78 is 33.3. The van der Waals surface area contributed by atoms with Crippen molar-refractivity contribution in [1.82, 2.24) is 0 Å². The zero-order valence-electron chi connectivity index (χ0n) is 59.7. The van der Waals surface area contributed by atoms with Crippen molar-refractivity contribution in [2.75, 3.05) is 26.4 Å². The van der Waals surface area contributed by atoms with Gasteiger partial charge in [-0.15, -0.1) is 0 Å². The summed E-state index contributed by atoms with van der Waals surface area (Å²) in [4.78, 5) is 35.4. The van der Waals surface area contributed by atoms with Crippen LogP contribution in [0.1, 0.15) is 438 Å². The fourth-order valence-electron chi connectivity index (χ4n) is 12.4. The second-order valence-corrected chi connectivity index (χ2v) is 28.7. The van der Waals surface area contributed by atoms with E-state index in [1.54, 1.807) is 0 Å². The van der Waals surface area contributed by atoms with E-state index in [0.29, 0.717) is 6.42 Å². The molecular weight excluding hydrogens is 1120 g/mol. The number of phosphoric ester groups is 1. The minimum atomic E-state index is -4.39. The Labute approximate surface area is 554 Å². The molecule has 2 atom stereocenters. The van der Waals surface area contributed by atoms with Crippen LogP contribution in [-0.4, -0.2) is 49.3 Å². The average Bonchev–Trinajstić information content (AvgIpc) is 3.58. The number of phosphoric acid groups is 1. The highest BCUT2D eigenvalue weighted by molar-refractivity contribution is 7.47. The van der Waals surface area contributed by atoms with E-state index in [2.05, 4.69) is 38.2 Å². The highest BCUT2D eigenvalue weighted by atomic mass is 31.2. The summed E-state index contributed by atoms with van der Waals surface area (Å²) in [6.07, 6.45) is 94.7. The molecule has 0 spiro atoms. The number of ether oxygens (including phenoxy) is 2. The van der Waals surface area contributed by atoms with E-state index in [9.17, 15) is 19.0 Å². The molecule has 0 rings (SSSR count). The highest BCUT2D eigenvalue weighted by Crippen LogP contribution is 2.43. The minimum Gasteiger partial charge on any atom is -0.462 e. The molecule has 0 aliphatic carbocycles. The standard InChI is InChI=1S/C79H154NO8P/c1-3-5-7-9-11-13-15-17-19-21-23-25-27-29-31-32-33-34-35-36-37-38-39-40-41-42-43-44-46-48-50-52-54-56-58-60-62-64-66-68-70-72-79(82)88-77(76-87-89(83,84)86-74-73-80)75-85-78(81)71-69-67-65-63-61-59-57-55-53-51-49-47-45-30-28-26-24-22-20-18-16-14-12-10-8-6-4-2/h21-24,77H,3-20,25-76,80H2,1-2H3,(H,83,84)/b23-21-,24-22-. The lowest BCUT2D eigenvalue weighted by Crippen LogP contribution is -2.29. The van der Waals surface area contributed by atoms with Crippen LogP contribution in [0.25, 0.3) is 0 Å². The van der Waals surface area contributed by atoms with Gasteiger partial charge >= 0.3 is 19.8 Å². The molecule has 2 unspecified atom stereocenters. The van der Waals surface area contributed by atoms with E-state index in [1.165, 1.54) is 372 Å². The molecule has 0 aliphatic rings. The summed E-state index contributed by atoms with van der Waals surface area (Å²) in [5.74, 6) is -0.800. The van der Waals surface area contributed by atoms with Crippen molar-refractivity contribution in [2.45, 2.75) is 444 Å². The van der Waals surface area contributed by atoms with Gasteiger partial charge in [0.25, 0.3) is 0 Å². The Morgan fingerprint density at radius 2 is 0.551 bits per heavy atom. The quantitative estimate of drug-likeness (QED) is 0.0264. The van der Waals surface area contributed by atoms with Gasteiger partial charge in [0.2, 0.25) is 0 Å². The summed E-state index contributed by atoms with van der Waals surface area (Å²) in [7, 11) is -4.39. The van der Waals surface area contributed by atoms with Crippen molar-refractivity contribution in [3.05, 3.63) is 24.3 Å². The number of allylic oxidation sites excluding steroid dienone is 4. The third-order valence-corrected chi connectivity index (χ3v) is 19.3. The molecule has 0 saturated carbocycles. The SMILES string of the molecule is CCCCCCCCCC/C=C\CCCCCCCCCCCCCCCCCCCCCCCCCCCCCCCC(=O)OC(COC(=O)CCCCCCCCCCCCCCCCC/C=C\CCCCCCCCCC)COP(=O)(O)OCCN. The number of esters is 2. The van der Waals surface area contributed by atoms with E-state index in [4.69, 9.17) is 24.3 Å². The van der Waals surface area contributed by atoms with E-state index in [1.807, 2.05) is 0 Å². The first-order chi connectivity index (χ1) is 43.8. The molecular formula is C79H154NO8P. The zero-order valence-corrected chi connectivity index (χ0v) is 60.6. The van der Waals surface area contributed by atoms with Crippen LogP contribution in [-0.2, 0) is 32.7 Å². The highest BCUT2D eigenvalue weighted by Gasteiger charge is 2.26. The molecule has 0 bridgehead atoms. The summed E-state index contributed by atoms with van der Waals surface area (Å²) in [5, 5.41) is 0. The summed E-state index contributed by atoms with van der Waals surface area (Å²) in [6.45, 7) is 3.83. The lowest BCUT2D eigenvalue weighted by atomic mass is 10.0. The summed E-state index contributed by atoms with van der Waals surface area (Å²) in [5.41, 5.74) is 5.41. The number of carbonyl (C=O) groups excluding carboxylic acids is 2. The topological polar surface area (TPSA) is 134 Å². The normalized spacial score (nSPS) is 12.9. The first-order valence-corrected chi connectivity index (χ1v) is 41.3. The lowest BCUT2D eigenvalue weighted by Gasteiger charge is -2.19. The Kier molecular flexibility index (Phi) is 74.2. The van der Waals surface area contributed by atoms with Gasteiger partial charge in [-0.05, 0) is 64.2 Å². The Balaban J connectivity index is 3.72. The summed E-state index contributed by atoms with van der Waals surface area (Å²) >= 11 is 0. The molecule has 9 nitrogen and oxygen atoms in total. The Bertz CT molecular complexity index is 1510. The van der Waals surface area contributed by atoms with E-state index in [0.717, 1.165) is 32.1 Å². The van der Waals surface area contributed by atoms with Crippen LogP contribution in [0.5, 0.6) is 0 Å². The maximum Gasteiger partial charge on any atom is 0.472 e. The molecule has 0 aliphatic heterocycles. The third-order valence-electron chi connectivity index (χ3n) is 18.3. The molecule has 10 heteroatoms. The van der Waals surface area contributed by atoms with Crippen LogP contribution >= 0.6 is 7.82 Å². The molecule has 0 aromatic heterocycles. The number of unbranched alkanes of at least 4 members (excludes halogenated alkanes) is 60. The summed E-state index contributed by atoms with van der Waals surface area (Å²) in [6, 6.07) is 0. The second-order valence-electron chi connectivity index (χ2n) is 27.3. The molecule has 0 amide bonds. The monoisotopic (exact) mass is 1280 g/mol. The maximum atomic E-state index is 12.8. The third kappa shape index (κ3) is 75.4. The van der Waals surface area contributed by atoms with Crippen molar-refractivity contribution in [1.29, 1.82) is 0 Å². The van der Waals surface area contributed by atoms with Crippen LogP contribution in [0.3, 0.4) is 0 Å². The first kappa shape index (κ1) is 87.5. The van der Waals surface area contributed by atoms with Gasteiger partial charge in [-0.2, -0.15) is 0 Å². The van der Waals surface area contributed by atoms with E-state index in [-0.39, 0.29) is 38.6 Å². The van der Waals surface area contributed by atoms with Crippen molar-refractivity contribution in [2.24, 2.45) is 5.73 Å². The van der Waals surface area contributed by atoms with Crippen molar-refractivity contribution >= 4 is 19.8 Å². The van der Waals surface area contributed by atoms with Gasteiger partial charge in [0.05, 0.1) is 13.2 Å². The van der Waals surface area contributed by atoms with Gasteiger partial charge < -0.3 is 20.1 Å². The van der Waals surface area contributed by atoms with E-state index < -0.39 is 26.5 Å². The molecule has 3 N–H and O–H groups in total. The number of carbonyl (C=O) groups is 2. The van der Waals surface area contributed by atoms with E-state index >= 15 is 0 Å². The molecule has 0 aromatic carbocycles. The van der Waals surface area contributed by atoms with Gasteiger partial charge in [-0.3, -0.25) is 18.6 Å². The molecule has 0 saturated heterocycles. The zero-order chi connectivity index (χ0) is 64.4. The van der Waals surface area contributed by atoms with Crippen LogP contribution in [0.4, 0.5) is 0 Å². The lowest BCUT2D eigenvalue weighted by molar-refractivity contribution is -0.161. The average molecular weight is 1280 g/mol. The van der Waals surface area contributed by atoms with Gasteiger partial charge in [-0.25, -0.2) is 4.57 Å². The fourth-order valence-corrected chi connectivity index (χ4v) is 13.2. The van der Waals surface area contributed by atoms with Gasteiger partial charge in [-0.1, -0.05) is 385 Å². The first-order valence-electron chi connectivity index (χ1n) is 39.8. The number of rotatable bonds is 77. The predicted molar refractivity (Wildman–Crippen MR) is 386 cm³/mol. The Hall–Kier alpha value is -1.51. The molecule has 0 fully saturated rings. The minimum absolute atomic E-state index is 0.0571. The number of hydrogen-bond donors (Lipinski definition) is 2. The van der Waals surface area contributed by atoms with Crippen molar-refractivity contribution in [3.8, 4) is 0 Å². The van der Waals surface area contributed by atoms with Gasteiger partial charge in [0.1, 0.15) is 6.61 Å². The molecule has 89 heavy (non-hydrogen) atoms. The van der Waals surface area contributed by atoms with Crippen LogP contribution < -0.4 is 5.73 Å². The van der Waals surface area contributed by atoms with Gasteiger partial charge in [0, 0.05) is 19.4 Å². The molecule has 0 heterocycles.